The first-order valence-corrected chi connectivity index (χ1v) is 7.79. The zero-order valence-corrected chi connectivity index (χ0v) is 13.0. The molecule has 3 aromatic rings. The number of benzene rings is 1. The van der Waals surface area contributed by atoms with E-state index in [2.05, 4.69) is 46.5 Å². The predicted molar refractivity (Wildman–Crippen MR) is 89.9 cm³/mol. The van der Waals surface area contributed by atoms with E-state index in [4.69, 9.17) is 5.73 Å². The second-order valence-corrected chi connectivity index (χ2v) is 6.12. The summed E-state index contributed by atoms with van der Waals surface area (Å²) in [4.78, 5) is 11.4. The number of aromatic nitrogens is 2. The molecule has 0 amide bonds. The van der Waals surface area contributed by atoms with Gasteiger partial charge in [-0.2, -0.15) is 0 Å². The minimum absolute atomic E-state index is 0.578. The van der Waals surface area contributed by atoms with Crippen molar-refractivity contribution >= 4 is 27.4 Å². The molecule has 3 N–H and O–H groups in total. The summed E-state index contributed by atoms with van der Waals surface area (Å²) in [6.45, 7) is 5.34. The van der Waals surface area contributed by atoms with Crippen LogP contribution in [0.2, 0.25) is 0 Å². The van der Waals surface area contributed by atoms with Crippen molar-refractivity contribution < 1.29 is 0 Å². The Bertz CT molecular complexity index is 765. The molecule has 2 heterocycles. The lowest BCUT2D eigenvalue weighted by molar-refractivity contribution is 1.000. The lowest BCUT2D eigenvalue weighted by atomic mass is 10.0. The summed E-state index contributed by atoms with van der Waals surface area (Å²) in [5.41, 5.74) is 8.03. The summed E-state index contributed by atoms with van der Waals surface area (Å²) >= 11 is 1.71. The molecular weight excluding hydrogens is 280 g/mol. The van der Waals surface area contributed by atoms with Gasteiger partial charge >= 0.3 is 0 Å². The molecule has 0 saturated heterocycles. The average Bonchev–Trinajstić information content (AvgIpc) is 2.81. The predicted octanol–water partition coefficient (Wildman–Crippen LogP) is 3.35. The number of nitrogens with one attached hydrogen (secondary N) is 1. The van der Waals surface area contributed by atoms with Crippen LogP contribution in [0.5, 0.6) is 0 Å². The van der Waals surface area contributed by atoms with Crippen LogP contribution < -0.4 is 11.1 Å². The molecule has 0 aliphatic rings. The van der Waals surface area contributed by atoms with E-state index in [-0.39, 0.29) is 0 Å². The lowest BCUT2D eigenvalue weighted by Crippen LogP contribution is -2.14. The van der Waals surface area contributed by atoms with Gasteiger partial charge in [0, 0.05) is 23.5 Å². The third kappa shape index (κ3) is 2.62. The zero-order chi connectivity index (χ0) is 14.8. The zero-order valence-electron chi connectivity index (χ0n) is 12.2. The SMILES string of the molecule is Cc1nc(NCCN)c2c(-c3ccccc3)c(C)sc2n1. The van der Waals surface area contributed by atoms with E-state index in [0.717, 1.165) is 21.9 Å². The fraction of sp³-hybridized carbons (Fsp3) is 0.250. The first kappa shape index (κ1) is 14.0. The first-order valence-electron chi connectivity index (χ1n) is 6.98. The van der Waals surface area contributed by atoms with Crippen LogP contribution in [0, 0.1) is 13.8 Å². The highest BCUT2D eigenvalue weighted by atomic mass is 32.1. The van der Waals surface area contributed by atoms with Crippen molar-refractivity contribution in [3.8, 4) is 11.1 Å². The summed E-state index contributed by atoms with van der Waals surface area (Å²) in [5, 5.41) is 4.43. The number of thiophene rings is 1. The average molecular weight is 298 g/mol. The summed E-state index contributed by atoms with van der Waals surface area (Å²) in [6, 6.07) is 10.4. The number of nitrogens with two attached hydrogens (primary N) is 1. The van der Waals surface area contributed by atoms with Gasteiger partial charge in [-0.25, -0.2) is 9.97 Å². The number of hydrogen-bond donors (Lipinski definition) is 2. The van der Waals surface area contributed by atoms with E-state index >= 15 is 0 Å². The Kier molecular flexibility index (Phi) is 3.86. The van der Waals surface area contributed by atoms with Crippen molar-refractivity contribution in [2.75, 3.05) is 18.4 Å². The van der Waals surface area contributed by atoms with E-state index in [1.165, 1.54) is 16.0 Å². The van der Waals surface area contributed by atoms with Crippen LogP contribution in [-0.4, -0.2) is 23.1 Å². The molecule has 21 heavy (non-hydrogen) atoms. The Morgan fingerprint density at radius 3 is 2.62 bits per heavy atom. The van der Waals surface area contributed by atoms with Crippen molar-refractivity contribution in [2.24, 2.45) is 5.73 Å². The molecule has 0 saturated carbocycles. The molecule has 108 valence electrons. The van der Waals surface area contributed by atoms with Gasteiger partial charge in [0.05, 0.1) is 5.39 Å². The maximum Gasteiger partial charge on any atom is 0.139 e. The molecule has 3 rings (SSSR count). The van der Waals surface area contributed by atoms with Crippen LogP contribution in [0.4, 0.5) is 5.82 Å². The molecule has 0 aliphatic heterocycles. The van der Waals surface area contributed by atoms with Gasteiger partial charge < -0.3 is 11.1 Å². The lowest BCUT2D eigenvalue weighted by Gasteiger charge is -2.09. The van der Waals surface area contributed by atoms with Crippen LogP contribution in [0.15, 0.2) is 30.3 Å². The number of nitrogens with zero attached hydrogens (tertiary/aromatic N) is 2. The number of anilines is 1. The van der Waals surface area contributed by atoms with Crippen molar-refractivity contribution in [2.45, 2.75) is 13.8 Å². The highest BCUT2D eigenvalue weighted by Crippen LogP contribution is 2.40. The molecule has 5 heteroatoms. The maximum absolute atomic E-state index is 5.61. The van der Waals surface area contributed by atoms with Gasteiger partial charge in [-0.05, 0) is 19.4 Å². The van der Waals surface area contributed by atoms with Gasteiger partial charge in [0.2, 0.25) is 0 Å². The van der Waals surface area contributed by atoms with Gasteiger partial charge in [-0.3, -0.25) is 0 Å². The molecule has 0 bridgehead atoms. The number of rotatable bonds is 4. The van der Waals surface area contributed by atoms with Crippen molar-refractivity contribution in [1.29, 1.82) is 0 Å². The summed E-state index contributed by atoms with van der Waals surface area (Å²) < 4.78 is 0. The molecule has 1 aromatic carbocycles. The maximum atomic E-state index is 5.61. The fourth-order valence-electron chi connectivity index (χ4n) is 2.49. The standard InChI is InChI=1S/C16H18N4S/c1-10-13(12-6-4-3-5-7-12)14-15(18-9-8-17)19-11(2)20-16(14)21-10/h3-7H,8-9,17H2,1-2H3,(H,18,19,20). The highest BCUT2D eigenvalue weighted by Gasteiger charge is 2.17. The van der Waals surface area contributed by atoms with Gasteiger partial charge in [-0.15, -0.1) is 11.3 Å². The monoisotopic (exact) mass is 298 g/mol. The topological polar surface area (TPSA) is 63.8 Å². The van der Waals surface area contributed by atoms with Crippen molar-refractivity contribution in [3.05, 3.63) is 41.0 Å². The minimum atomic E-state index is 0.578. The van der Waals surface area contributed by atoms with Crippen LogP contribution in [0.1, 0.15) is 10.7 Å². The van der Waals surface area contributed by atoms with Crippen molar-refractivity contribution in [3.63, 3.8) is 0 Å². The molecule has 0 radical (unpaired) electrons. The van der Waals surface area contributed by atoms with Gasteiger partial charge in [-0.1, -0.05) is 30.3 Å². The van der Waals surface area contributed by atoms with E-state index in [0.29, 0.717) is 13.1 Å². The molecule has 0 aliphatic carbocycles. The Labute approximate surface area is 128 Å². The van der Waals surface area contributed by atoms with Gasteiger partial charge in [0.1, 0.15) is 16.5 Å². The van der Waals surface area contributed by atoms with Gasteiger partial charge in [0.25, 0.3) is 0 Å². The summed E-state index contributed by atoms with van der Waals surface area (Å²) in [5.74, 6) is 1.66. The fourth-order valence-corrected chi connectivity index (χ4v) is 3.58. The minimum Gasteiger partial charge on any atom is -0.368 e. The second kappa shape index (κ2) is 5.79. The van der Waals surface area contributed by atoms with Crippen LogP contribution in [0.3, 0.4) is 0 Å². The molecule has 2 aromatic heterocycles. The molecule has 0 fully saturated rings. The Morgan fingerprint density at radius 2 is 1.90 bits per heavy atom. The molecule has 0 unspecified atom stereocenters. The van der Waals surface area contributed by atoms with E-state index in [1.54, 1.807) is 11.3 Å². The van der Waals surface area contributed by atoms with Crippen LogP contribution in [0.25, 0.3) is 21.3 Å². The third-order valence-electron chi connectivity index (χ3n) is 3.34. The third-order valence-corrected chi connectivity index (χ3v) is 4.34. The van der Waals surface area contributed by atoms with Gasteiger partial charge in [0.15, 0.2) is 0 Å². The van der Waals surface area contributed by atoms with E-state index in [9.17, 15) is 0 Å². The second-order valence-electron chi connectivity index (χ2n) is 4.91. The van der Waals surface area contributed by atoms with E-state index < -0.39 is 0 Å². The van der Waals surface area contributed by atoms with Crippen LogP contribution >= 0.6 is 11.3 Å². The Hall–Kier alpha value is -1.98. The molecule has 0 spiro atoms. The Balaban J connectivity index is 2.26. The highest BCUT2D eigenvalue weighted by molar-refractivity contribution is 7.19. The Morgan fingerprint density at radius 1 is 1.14 bits per heavy atom. The molecule has 4 nitrogen and oxygen atoms in total. The normalized spacial score (nSPS) is 11.0. The summed E-state index contributed by atoms with van der Waals surface area (Å²) in [7, 11) is 0. The molecule has 0 atom stereocenters. The molecular formula is C16H18N4S. The number of hydrogen-bond acceptors (Lipinski definition) is 5. The summed E-state index contributed by atoms with van der Waals surface area (Å²) in [6.07, 6.45) is 0. The smallest absolute Gasteiger partial charge is 0.139 e. The first-order chi connectivity index (χ1) is 10.2. The van der Waals surface area contributed by atoms with Crippen molar-refractivity contribution in [1.82, 2.24) is 9.97 Å². The largest absolute Gasteiger partial charge is 0.368 e. The van der Waals surface area contributed by atoms with E-state index in [1.807, 2.05) is 13.0 Å². The number of fused-ring (bicyclic) bond motifs is 1. The van der Waals surface area contributed by atoms with Crippen LogP contribution in [-0.2, 0) is 0 Å². The quantitative estimate of drug-likeness (QED) is 0.775. The number of aryl methyl sites for hydroxylation is 2.